The van der Waals surface area contributed by atoms with Crippen LogP contribution in [0.15, 0.2) is 0 Å². The minimum Gasteiger partial charge on any atom is -0.343 e. The molecule has 0 aromatic carbocycles. The van der Waals surface area contributed by atoms with Crippen molar-refractivity contribution in [2.75, 3.05) is 54.9 Å². The van der Waals surface area contributed by atoms with Crippen molar-refractivity contribution in [1.82, 2.24) is 18.4 Å². The molecule has 0 bridgehead atoms. The molecule has 1 fully saturated rings. The van der Waals surface area contributed by atoms with Crippen molar-refractivity contribution in [3.05, 3.63) is 0 Å². The van der Waals surface area contributed by atoms with Gasteiger partial charge in [-0.05, 0) is 19.9 Å². The van der Waals surface area contributed by atoms with Gasteiger partial charge in [-0.15, -0.1) is 0 Å². The Hall–Kier alpha value is -0.700. The van der Waals surface area contributed by atoms with Crippen LogP contribution < -0.4 is 0 Å². The molecule has 0 N–H and O–H groups in total. The van der Waals surface area contributed by atoms with E-state index in [0.29, 0.717) is 12.6 Å². The van der Waals surface area contributed by atoms with Crippen molar-refractivity contribution >= 4 is 16.1 Å². The third-order valence-corrected chi connectivity index (χ3v) is 5.44. The molecule has 20 heavy (non-hydrogen) atoms. The number of rotatable bonds is 8. The number of hydrogen-bond donors (Lipinski definition) is 0. The smallest absolute Gasteiger partial charge is 0.281 e. The Kier molecular flexibility index (Phi) is 5.93. The third-order valence-electron chi connectivity index (χ3n) is 3.60. The zero-order valence-electron chi connectivity index (χ0n) is 13.0. The second-order valence-corrected chi connectivity index (χ2v) is 7.82. The summed E-state index contributed by atoms with van der Waals surface area (Å²) in [6.45, 7) is 1.29. The van der Waals surface area contributed by atoms with E-state index in [9.17, 15) is 13.2 Å². The van der Waals surface area contributed by atoms with Gasteiger partial charge in [0.05, 0.1) is 6.54 Å². The predicted molar refractivity (Wildman–Crippen MR) is 78.5 cm³/mol. The third kappa shape index (κ3) is 4.69. The maximum atomic E-state index is 12.0. The maximum Gasteiger partial charge on any atom is 0.281 e. The molecule has 1 rings (SSSR count). The summed E-state index contributed by atoms with van der Waals surface area (Å²) >= 11 is 0. The van der Waals surface area contributed by atoms with E-state index in [0.717, 1.165) is 15.2 Å². The molecule has 118 valence electrons. The van der Waals surface area contributed by atoms with E-state index in [-0.39, 0.29) is 12.5 Å². The van der Waals surface area contributed by atoms with Crippen LogP contribution in [0.3, 0.4) is 0 Å². The van der Waals surface area contributed by atoms with Crippen LogP contribution in [0.2, 0.25) is 0 Å². The van der Waals surface area contributed by atoms with Crippen molar-refractivity contribution < 1.29 is 13.2 Å². The van der Waals surface area contributed by atoms with Crippen LogP contribution in [0, 0.1) is 0 Å². The van der Waals surface area contributed by atoms with Crippen LogP contribution in [0.4, 0.5) is 0 Å². The number of likely N-dealkylation sites (N-methyl/N-ethyl adjacent to an activating group) is 3. The molecule has 0 radical (unpaired) electrons. The van der Waals surface area contributed by atoms with Gasteiger partial charge in [0.2, 0.25) is 5.91 Å². The van der Waals surface area contributed by atoms with E-state index in [4.69, 9.17) is 0 Å². The minimum atomic E-state index is -3.53. The first-order chi connectivity index (χ1) is 9.16. The molecule has 7 nitrogen and oxygen atoms in total. The van der Waals surface area contributed by atoms with Gasteiger partial charge in [-0.3, -0.25) is 4.79 Å². The molecule has 0 spiro atoms. The lowest BCUT2D eigenvalue weighted by molar-refractivity contribution is -0.130. The summed E-state index contributed by atoms with van der Waals surface area (Å²) in [5.74, 6) is -0.192. The Morgan fingerprint density at radius 3 is 2.05 bits per heavy atom. The Bertz CT molecular complexity index is 434. The van der Waals surface area contributed by atoms with Gasteiger partial charge in [-0.1, -0.05) is 0 Å². The lowest BCUT2D eigenvalue weighted by Gasteiger charge is -2.25. The Morgan fingerprint density at radius 1 is 1.05 bits per heavy atom. The highest BCUT2D eigenvalue weighted by molar-refractivity contribution is 7.86. The van der Waals surface area contributed by atoms with Crippen LogP contribution >= 0.6 is 0 Å². The van der Waals surface area contributed by atoms with Crippen molar-refractivity contribution in [1.29, 1.82) is 0 Å². The number of nitrogens with zero attached hydrogens (tertiary/aromatic N) is 4. The van der Waals surface area contributed by atoms with Crippen LogP contribution in [-0.4, -0.2) is 93.6 Å². The summed E-state index contributed by atoms with van der Waals surface area (Å²) in [6, 6.07) is 0.662. The van der Waals surface area contributed by atoms with Crippen LogP contribution in [0.1, 0.15) is 12.8 Å². The fourth-order valence-electron chi connectivity index (χ4n) is 1.80. The zero-order valence-corrected chi connectivity index (χ0v) is 13.9. The highest BCUT2D eigenvalue weighted by Crippen LogP contribution is 2.24. The zero-order chi connectivity index (χ0) is 15.5. The van der Waals surface area contributed by atoms with Crippen molar-refractivity contribution in [3.8, 4) is 0 Å². The van der Waals surface area contributed by atoms with E-state index in [1.54, 1.807) is 11.9 Å². The van der Waals surface area contributed by atoms with E-state index in [1.165, 1.54) is 34.0 Å². The Morgan fingerprint density at radius 2 is 1.60 bits per heavy atom. The van der Waals surface area contributed by atoms with Gasteiger partial charge in [0, 0.05) is 47.3 Å². The highest BCUT2D eigenvalue weighted by atomic mass is 32.2. The van der Waals surface area contributed by atoms with Crippen LogP contribution in [0.5, 0.6) is 0 Å². The van der Waals surface area contributed by atoms with Gasteiger partial charge in [0.1, 0.15) is 0 Å². The maximum absolute atomic E-state index is 12.0. The standard InChI is InChI=1S/C12H26N4O3S/c1-13(2)20(18,19)16(5)10-12(17)15(4)9-8-14(3)11-6-7-11/h11H,6-10H2,1-5H3. The van der Waals surface area contributed by atoms with Gasteiger partial charge < -0.3 is 9.80 Å². The van der Waals surface area contributed by atoms with Gasteiger partial charge in [-0.25, -0.2) is 0 Å². The van der Waals surface area contributed by atoms with Gasteiger partial charge in [0.25, 0.3) is 10.2 Å². The average molecular weight is 306 g/mol. The second-order valence-electron chi connectivity index (χ2n) is 5.57. The Labute approximate surface area is 122 Å². The molecule has 0 aliphatic heterocycles. The molecule has 1 saturated carbocycles. The van der Waals surface area contributed by atoms with Crippen molar-refractivity contribution in [2.45, 2.75) is 18.9 Å². The lowest BCUT2D eigenvalue weighted by Crippen LogP contribution is -2.45. The second kappa shape index (κ2) is 6.84. The molecular weight excluding hydrogens is 280 g/mol. The van der Waals surface area contributed by atoms with E-state index in [2.05, 4.69) is 11.9 Å². The fourth-order valence-corrected chi connectivity index (χ4v) is 2.63. The van der Waals surface area contributed by atoms with Gasteiger partial charge in [0.15, 0.2) is 0 Å². The molecule has 1 amide bonds. The quantitative estimate of drug-likeness (QED) is 0.593. The van der Waals surface area contributed by atoms with Crippen molar-refractivity contribution in [2.24, 2.45) is 0 Å². The monoisotopic (exact) mass is 306 g/mol. The number of hydrogen-bond acceptors (Lipinski definition) is 4. The molecule has 0 unspecified atom stereocenters. The van der Waals surface area contributed by atoms with Gasteiger partial charge in [-0.2, -0.15) is 17.0 Å². The predicted octanol–water partition coefficient (Wildman–Crippen LogP) is -0.723. The molecule has 0 heterocycles. The molecular formula is C12H26N4O3S. The molecule has 1 aliphatic rings. The first kappa shape index (κ1) is 17.4. The summed E-state index contributed by atoms with van der Waals surface area (Å²) in [7, 11) is 4.54. The van der Waals surface area contributed by atoms with E-state index >= 15 is 0 Å². The summed E-state index contributed by atoms with van der Waals surface area (Å²) in [5.41, 5.74) is 0. The SMILES string of the molecule is CN(CCN(C)C1CC1)C(=O)CN(C)S(=O)(=O)N(C)C. The highest BCUT2D eigenvalue weighted by Gasteiger charge is 2.27. The van der Waals surface area contributed by atoms with E-state index < -0.39 is 10.2 Å². The average Bonchev–Trinajstić information content (AvgIpc) is 3.18. The Balaban J connectivity index is 2.40. The number of carbonyl (C=O) groups excluding carboxylic acids is 1. The topological polar surface area (TPSA) is 64.2 Å². The normalized spacial score (nSPS) is 16.2. The summed E-state index contributed by atoms with van der Waals surface area (Å²) in [4.78, 5) is 15.8. The van der Waals surface area contributed by atoms with Crippen LogP contribution in [-0.2, 0) is 15.0 Å². The summed E-state index contributed by atoms with van der Waals surface area (Å²) < 4.78 is 25.8. The lowest BCUT2D eigenvalue weighted by atomic mass is 10.4. The first-order valence-corrected chi connectivity index (χ1v) is 8.14. The van der Waals surface area contributed by atoms with Crippen molar-refractivity contribution in [3.63, 3.8) is 0 Å². The molecule has 0 aromatic rings. The van der Waals surface area contributed by atoms with Gasteiger partial charge >= 0.3 is 0 Å². The molecule has 8 heteroatoms. The van der Waals surface area contributed by atoms with Crippen LogP contribution in [0.25, 0.3) is 0 Å². The molecule has 0 atom stereocenters. The number of amides is 1. The molecule has 0 saturated heterocycles. The summed E-state index contributed by atoms with van der Waals surface area (Å²) in [5, 5.41) is 0. The van der Waals surface area contributed by atoms with E-state index in [1.807, 2.05) is 0 Å². The minimum absolute atomic E-state index is 0.135. The molecule has 1 aliphatic carbocycles. The fraction of sp³-hybridized carbons (Fsp3) is 0.917. The first-order valence-electron chi connectivity index (χ1n) is 6.74. The largest absolute Gasteiger partial charge is 0.343 e. The number of carbonyl (C=O) groups is 1. The molecule has 0 aromatic heterocycles. The summed E-state index contributed by atoms with van der Waals surface area (Å²) in [6.07, 6.45) is 2.47.